The molecule has 24 heavy (non-hydrogen) atoms. The Morgan fingerprint density at radius 2 is 1.54 bits per heavy atom. The number of nitrogens with one attached hydrogen (secondary N) is 2. The number of amides is 2. The maximum atomic E-state index is 12.9. The lowest BCUT2D eigenvalue weighted by Gasteiger charge is -2.57. The normalized spacial score (nSPS) is 45.0. The Balaban J connectivity index is 1.35. The van der Waals surface area contributed by atoms with Crippen molar-refractivity contribution in [1.29, 1.82) is 0 Å². The molecule has 0 aromatic heterocycles. The number of hydrogen-bond donors (Lipinski definition) is 3. The van der Waals surface area contributed by atoms with Crippen LogP contribution in [0.4, 0.5) is 0 Å². The van der Waals surface area contributed by atoms with Gasteiger partial charge in [-0.2, -0.15) is 0 Å². The average Bonchev–Trinajstić information content (AvgIpc) is 2.52. The maximum Gasteiger partial charge on any atom is 0.278 e. The predicted octanol–water partition coefficient (Wildman–Crippen LogP) is 0.240. The smallest absolute Gasteiger partial charge is 0.278 e. The SMILES string of the molecule is C[C@H](C(=O)NC12CC3CC(CC(C3)C1)C2)[NH+]1CCC(C(N)=O)CC1. The standard InChI is InChI=1S/C19H31N3O2/c1-12(22-4-2-16(3-5-22)17(20)23)18(24)21-19-9-13-6-14(10-19)8-15(7-13)11-19/h12-16H,2-11H2,1H3,(H2,20,23)(H,21,24)/p+1/t12-,13?,14?,15?,19?/m1/s1. The lowest BCUT2D eigenvalue weighted by molar-refractivity contribution is -0.919. The summed E-state index contributed by atoms with van der Waals surface area (Å²) >= 11 is 0. The molecule has 5 fully saturated rings. The highest BCUT2D eigenvalue weighted by atomic mass is 16.2. The van der Waals surface area contributed by atoms with Gasteiger partial charge in [0.2, 0.25) is 5.91 Å². The molecule has 5 heteroatoms. The van der Waals surface area contributed by atoms with Gasteiger partial charge in [0.05, 0.1) is 13.1 Å². The maximum absolute atomic E-state index is 12.9. The minimum Gasteiger partial charge on any atom is -0.369 e. The molecule has 4 saturated carbocycles. The van der Waals surface area contributed by atoms with Gasteiger partial charge in [0.15, 0.2) is 6.04 Å². The van der Waals surface area contributed by atoms with Crippen LogP contribution >= 0.6 is 0 Å². The van der Waals surface area contributed by atoms with Crippen LogP contribution < -0.4 is 16.0 Å². The molecule has 4 bridgehead atoms. The van der Waals surface area contributed by atoms with Crippen molar-refractivity contribution in [2.45, 2.75) is 69.9 Å². The van der Waals surface area contributed by atoms with Crippen LogP contribution in [0.2, 0.25) is 0 Å². The number of carbonyl (C=O) groups excluding carboxylic acids is 2. The predicted molar refractivity (Wildman–Crippen MR) is 91.1 cm³/mol. The van der Waals surface area contributed by atoms with E-state index in [2.05, 4.69) is 12.2 Å². The van der Waals surface area contributed by atoms with Gasteiger partial charge in [0, 0.05) is 24.3 Å². The largest absolute Gasteiger partial charge is 0.369 e. The first-order chi connectivity index (χ1) is 11.4. The molecule has 0 spiro atoms. The Hall–Kier alpha value is -1.10. The molecule has 5 nitrogen and oxygen atoms in total. The zero-order valence-electron chi connectivity index (χ0n) is 14.9. The number of rotatable bonds is 4. The van der Waals surface area contributed by atoms with Gasteiger partial charge >= 0.3 is 0 Å². The number of hydrogen-bond acceptors (Lipinski definition) is 2. The molecule has 1 saturated heterocycles. The van der Waals surface area contributed by atoms with E-state index in [0.29, 0.717) is 0 Å². The Bertz CT molecular complexity index is 489. The molecule has 0 aromatic rings. The van der Waals surface area contributed by atoms with E-state index in [-0.39, 0.29) is 29.3 Å². The lowest BCUT2D eigenvalue weighted by atomic mass is 9.53. The van der Waals surface area contributed by atoms with E-state index >= 15 is 0 Å². The van der Waals surface area contributed by atoms with Gasteiger partial charge in [-0.3, -0.25) is 9.59 Å². The van der Waals surface area contributed by atoms with Crippen LogP contribution in [-0.4, -0.2) is 36.5 Å². The summed E-state index contributed by atoms with van der Waals surface area (Å²) in [5.41, 5.74) is 5.52. The third kappa shape index (κ3) is 2.96. The average molecular weight is 334 g/mol. The zero-order valence-corrected chi connectivity index (χ0v) is 14.9. The van der Waals surface area contributed by atoms with Gasteiger partial charge in [-0.1, -0.05) is 0 Å². The van der Waals surface area contributed by atoms with Crippen LogP contribution in [0.15, 0.2) is 0 Å². The number of primary amides is 1. The van der Waals surface area contributed by atoms with Crippen molar-refractivity contribution in [3.63, 3.8) is 0 Å². The zero-order chi connectivity index (χ0) is 16.9. The van der Waals surface area contributed by atoms with Gasteiger partial charge < -0.3 is 16.0 Å². The molecule has 1 atom stereocenters. The minimum atomic E-state index is -0.181. The number of carbonyl (C=O) groups is 2. The Labute approximate surface area is 144 Å². The summed E-state index contributed by atoms with van der Waals surface area (Å²) in [6.07, 6.45) is 9.45. The summed E-state index contributed by atoms with van der Waals surface area (Å²) in [6, 6.07) is -0.0215. The summed E-state index contributed by atoms with van der Waals surface area (Å²) in [6.45, 7) is 3.81. The molecule has 0 radical (unpaired) electrons. The van der Waals surface area contributed by atoms with E-state index in [1.165, 1.54) is 43.4 Å². The second kappa shape index (κ2) is 6.01. The van der Waals surface area contributed by atoms with E-state index < -0.39 is 0 Å². The molecule has 2 amide bonds. The van der Waals surface area contributed by atoms with E-state index in [4.69, 9.17) is 5.73 Å². The fourth-order valence-corrected chi connectivity index (χ4v) is 6.52. The van der Waals surface area contributed by atoms with Gasteiger partial charge in [0.1, 0.15) is 0 Å². The van der Waals surface area contributed by atoms with E-state index in [9.17, 15) is 9.59 Å². The van der Waals surface area contributed by atoms with Crippen molar-refractivity contribution in [3.05, 3.63) is 0 Å². The Morgan fingerprint density at radius 3 is 2.00 bits per heavy atom. The fourth-order valence-electron chi connectivity index (χ4n) is 6.52. The van der Waals surface area contributed by atoms with Gasteiger partial charge in [0.25, 0.3) is 5.91 Å². The number of piperidine rings is 1. The molecule has 134 valence electrons. The summed E-state index contributed by atoms with van der Waals surface area (Å²) in [5.74, 6) is 2.61. The first-order valence-electron chi connectivity index (χ1n) is 9.90. The fraction of sp³-hybridized carbons (Fsp3) is 0.895. The Morgan fingerprint density at radius 1 is 1.04 bits per heavy atom. The van der Waals surface area contributed by atoms with Crippen LogP contribution in [0.1, 0.15) is 58.3 Å². The molecular weight excluding hydrogens is 302 g/mol. The van der Waals surface area contributed by atoms with Crippen molar-refractivity contribution in [2.75, 3.05) is 13.1 Å². The van der Waals surface area contributed by atoms with Crippen LogP contribution in [0.5, 0.6) is 0 Å². The van der Waals surface area contributed by atoms with Crippen molar-refractivity contribution < 1.29 is 14.5 Å². The van der Waals surface area contributed by atoms with Crippen LogP contribution in [0, 0.1) is 23.7 Å². The van der Waals surface area contributed by atoms with Crippen molar-refractivity contribution in [3.8, 4) is 0 Å². The molecule has 0 aromatic carbocycles. The van der Waals surface area contributed by atoms with Crippen molar-refractivity contribution in [1.82, 2.24) is 5.32 Å². The highest BCUT2D eigenvalue weighted by Gasteiger charge is 2.52. The summed E-state index contributed by atoms with van der Waals surface area (Å²) < 4.78 is 0. The lowest BCUT2D eigenvalue weighted by Crippen LogP contribution is -3.17. The number of nitrogens with two attached hydrogens (primary N) is 1. The van der Waals surface area contributed by atoms with Gasteiger partial charge in [-0.15, -0.1) is 0 Å². The second-order valence-electron chi connectivity index (χ2n) is 9.24. The van der Waals surface area contributed by atoms with Crippen molar-refractivity contribution in [2.24, 2.45) is 29.4 Å². The van der Waals surface area contributed by atoms with E-state index in [0.717, 1.165) is 43.7 Å². The molecule has 5 rings (SSSR count). The monoisotopic (exact) mass is 334 g/mol. The van der Waals surface area contributed by atoms with Gasteiger partial charge in [-0.05, 0) is 63.2 Å². The Kier molecular flexibility index (Phi) is 4.10. The quantitative estimate of drug-likeness (QED) is 0.689. The summed E-state index contributed by atoms with van der Waals surface area (Å²) in [7, 11) is 0. The third-order valence-electron chi connectivity index (χ3n) is 7.46. The topological polar surface area (TPSA) is 76.6 Å². The first-order valence-corrected chi connectivity index (χ1v) is 9.90. The highest BCUT2D eigenvalue weighted by molar-refractivity contribution is 5.81. The minimum absolute atomic E-state index is 0.00663. The first kappa shape index (κ1) is 16.4. The summed E-state index contributed by atoms with van der Waals surface area (Å²) in [5, 5.41) is 3.50. The summed E-state index contributed by atoms with van der Waals surface area (Å²) in [4.78, 5) is 25.5. The van der Waals surface area contributed by atoms with Crippen molar-refractivity contribution >= 4 is 11.8 Å². The van der Waals surface area contributed by atoms with E-state index in [1.807, 2.05) is 0 Å². The molecule has 1 aliphatic heterocycles. The number of quaternary nitrogens is 1. The molecule has 1 heterocycles. The second-order valence-corrected chi connectivity index (χ2v) is 9.24. The molecular formula is C19H32N3O2+. The molecule has 4 N–H and O–H groups in total. The van der Waals surface area contributed by atoms with Crippen LogP contribution in [-0.2, 0) is 9.59 Å². The molecule has 0 unspecified atom stereocenters. The number of likely N-dealkylation sites (tertiary alicyclic amines) is 1. The molecule has 5 aliphatic rings. The highest BCUT2D eigenvalue weighted by Crippen LogP contribution is 2.55. The van der Waals surface area contributed by atoms with Crippen LogP contribution in [0.3, 0.4) is 0 Å². The van der Waals surface area contributed by atoms with E-state index in [1.54, 1.807) is 0 Å². The molecule has 4 aliphatic carbocycles. The third-order valence-corrected chi connectivity index (χ3v) is 7.46. The van der Waals surface area contributed by atoms with Crippen LogP contribution in [0.25, 0.3) is 0 Å². The van der Waals surface area contributed by atoms with Gasteiger partial charge in [-0.25, -0.2) is 0 Å².